The van der Waals surface area contributed by atoms with Crippen LogP contribution in [0.25, 0.3) is 0 Å². The van der Waals surface area contributed by atoms with Crippen LogP contribution >= 0.6 is 0 Å². The van der Waals surface area contributed by atoms with Crippen molar-refractivity contribution < 1.29 is 19.4 Å². The van der Waals surface area contributed by atoms with E-state index in [1.54, 1.807) is 0 Å². The van der Waals surface area contributed by atoms with Gasteiger partial charge in [-0.1, -0.05) is 160 Å². The summed E-state index contributed by atoms with van der Waals surface area (Å²) in [4.78, 5) is 12.2. The van der Waals surface area contributed by atoms with E-state index < -0.39 is 6.10 Å². The molecule has 0 bridgehead atoms. The van der Waals surface area contributed by atoms with Gasteiger partial charge in [-0.15, -0.1) is 0 Å². The van der Waals surface area contributed by atoms with Crippen molar-refractivity contribution in [2.45, 2.75) is 148 Å². The molecule has 0 aromatic rings. The minimum atomic E-state index is -0.582. The summed E-state index contributed by atoms with van der Waals surface area (Å²) in [7, 11) is 0. The number of carbonyl (C=O) groups is 1. The monoisotopic (exact) mass is 729 g/mol. The number of aliphatic hydroxyl groups excluding tert-OH is 1. The minimum absolute atomic E-state index is 0.210. The first-order valence-electron chi connectivity index (χ1n) is 20.8. The molecule has 0 radical (unpaired) electrons. The third kappa shape index (κ3) is 42.8. The quantitative estimate of drug-likeness (QED) is 0.0396. The maximum absolute atomic E-state index is 12.2. The van der Waals surface area contributed by atoms with E-state index in [1.807, 2.05) is 0 Å². The van der Waals surface area contributed by atoms with Crippen LogP contribution in [0.4, 0.5) is 0 Å². The van der Waals surface area contributed by atoms with Gasteiger partial charge >= 0.3 is 5.97 Å². The molecular weight excluding hydrogens is 653 g/mol. The summed E-state index contributed by atoms with van der Waals surface area (Å²) >= 11 is 0. The van der Waals surface area contributed by atoms with Gasteiger partial charge in [0.25, 0.3) is 0 Å². The summed E-state index contributed by atoms with van der Waals surface area (Å²) in [6, 6.07) is 0. The van der Waals surface area contributed by atoms with Gasteiger partial charge in [-0.05, 0) is 109 Å². The van der Waals surface area contributed by atoms with Crippen molar-refractivity contribution in [3.05, 3.63) is 134 Å². The molecule has 0 heterocycles. The van der Waals surface area contributed by atoms with Crippen LogP contribution in [0.1, 0.15) is 142 Å². The molecule has 0 aliphatic rings. The maximum atomic E-state index is 12.2. The van der Waals surface area contributed by atoms with Crippen LogP contribution in [0.15, 0.2) is 134 Å². The highest BCUT2D eigenvalue weighted by Crippen LogP contribution is 2.09. The van der Waals surface area contributed by atoms with E-state index in [-0.39, 0.29) is 19.2 Å². The zero-order chi connectivity index (χ0) is 38.4. The predicted octanol–water partition coefficient (Wildman–Crippen LogP) is 13.9. The number of carbonyl (C=O) groups excluding carboxylic acids is 1. The first kappa shape index (κ1) is 49.5. The highest BCUT2D eigenvalue weighted by Gasteiger charge is 2.13. The first-order chi connectivity index (χ1) is 26.2. The zero-order valence-corrected chi connectivity index (χ0v) is 33.7. The Morgan fingerprint density at radius 1 is 0.453 bits per heavy atom. The fraction of sp³-hybridized carbons (Fsp3) is 0.531. The first-order valence-corrected chi connectivity index (χ1v) is 20.8. The molecule has 0 aromatic heterocycles. The predicted molar refractivity (Wildman–Crippen MR) is 232 cm³/mol. The van der Waals surface area contributed by atoms with Crippen LogP contribution in [0.2, 0.25) is 0 Å². The molecule has 0 aliphatic heterocycles. The van der Waals surface area contributed by atoms with Crippen LogP contribution in [-0.4, -0.2) is 37.0 Å². The van der Waals surface area contributed by atoms with Crippen molar-refractivity contribution in [1.29, 1.82) is 0 Å². The summed E-state index contributed by atoms with van der Waals surface area (Å²) in [5.74, 6) is -0.247. The van der Waals surface area contributed by atoms with E-state index in [0.717, 1.165) is 122 Å². The second-order valence-corrected chi connectivity index (χ2v) is 12.9. The maximum Gasteiger partial charge on any atom is 0.306 e. The Balaban J connectivity index is 3.66. The topological polar surface area (TPSA) is 55.8 Å². The number of esters is 1. The second-order valence-electron chi connectivity index (χ2n) is 12.9. The van der Waals surface area contributed by atoms with Crippen LogP contribution in [0.5, 0.6) is 0 Å². The van der Waals surface area contributed by atoms with Gasteiger partial charge in [-0.3, -0.25) is 4.79 Å². The molecule has 0 rings (SSSR count). The van der Waals surface area contributed by atoms with Gasteiger partial charge in [-0.2, -0.15) is 0 Å². The lowest BCUT2D eigenvalue weighted by atomic mass is 10.1. The Morgan fingerprint density at radius 2 is 0.792 bits per heavy atom. The number of rotatable bonds is 36. The van der Waals surface area contributed by atoms with Gasteiger partial charge in [0.1, 0.15) is 6.10 Å². The highest BCUT2D eigenvalue weighted by atomic mass is 16.6. The van der Waals surface area contributed by atoms with Crippen molar-refractivity contribution in [3.8, 4) is 0 Å². The number of allylic oxidation sites excluding steroid dienone is 22. The molecule has 1 atom stereocenters. The average Bonchev–Trinajstić information content (AvgIpc) is 3.16. The van der Waals surface area contributed by atoms with Crippen molar-refractivity contribution in [1.82, 2.24) is 0 Å². The smallest absolute Gasteiger partial charge is 0.306 e. The van der Waals surface area contributed by atoms with Crippen molar-refractivity contribution in [3.63, 3.8) is 0 Å². The summed E-state index contributed by atoms with van der Waals surface area (Å²) in [6.07, 6.45) is 67.9. The fourth-order valence-corrected chi connectivity index (χ4v) is 4.94. The molecular formula is C49H76O4. The van der Waals surface area contributed by atoms with E-state index in [9.17, 15) is 9.90 Å². The zero-order valence-electron chi connectivity index (χ0n) is 33.7. The third-order valence-corrected chi connectivity index (χ3v) is 7.97. The van der Waals surface area contributed by atoms with Crippen LogP contribution in [0, 0.1) is 0 Å². The van der Waals surface area contributed by atoms with Gasteiger partial charge in [0.2, 0.25) is 0 Å². The Bertz CT molecular complexity index is 1130. The molecule has 53 heavy (non-hydrogen) atoms. The van der Waals surface area contributed by atoms with Gasteiger partial charge in [0.15, 0.2) is 0 Å². The fourth-order valence-electron chi connectivity index (χ4n) is 4.94. The molecule has 0 amide bonds. The Morgan fingerprint density at radius 3 is 1.17 bits per heavy atom. The third-order valence-electron chi connectivity index (χ3n) is 7.97. The summed E-state index contributed by atoms with van der Waals surface area (Å²) in [5.41, 5.74) is 0. The van der Waals surface area contributed by atoms with Crippen LogP contribution in [-0.2, 0) is 14.3 Å². The number of hydrogen-bond acceptors (Lipinski definition) is 4. The molecule has 1 unspecified atom stereocenters. The van der Waals surface area contributed by atoms with Gasteiger partial charge in [0, 0.05) is 13.0 Å². The van der Waals surface area contributed by atoms with Crippen molar-refractivity contribution >= 4 is 5.97 Å². The summed E-state index contributed by atoms with van der Waals surface area (Å²) in [6.45, 7) is 4.95. The molecule has 0 aromatic carbocycles. The molecule has 4 nitrogen and oxygen atoms in total. The lowest BCUT2D eigenvalue weighted by Gasteiger charge is -2.15. The van der Waals surface area contributed by atoms with Gasteiger partial charge in [-0.25, -0.2) is 0 Å². The Kier molecular flexibility index (Phi) is 41.8. The normalized spacial score (nSPS) is 13.8. The molecule has 4 heteroatoms. The number of aliphatic hydroxyl groups is 1. The largest absolute Gasteiger partial charge is 0.457 e. The van der Waals surface area contributed by atoms with Crippen molar-refractivity contribution in [2.24, 2.45) is 0 Å². The van der Waals surface area contributed by atoms with Crippen LogP contribution < -0.4 is 0 Å². The van der Waals surface area contributed by atoms with Crippen LogP contribution in [0.3, 0.4) is 0 Å². The second kappa shape index (κ2) is 44.7. The van der Waals surface area contributed by atoms with Gasteiger partial charge in [0.05, 0.1) is 13.2 Å². The summed E-state index contributed by atoms with van der Waals surface area (Å²) < 4.78 is 11.1. The van der Waals surface area contributed by atoms with E-state index in [0.29, 0.717) is 13.0 Å². The molecule has 0 saturated carbocycles. The molecule has 0 saturated heterocycles. The minimum Gasteiger partial charge on any atom is -0.457 e. The van der Waals surface area contributed by atoms with Gasteiger partial charge < -0.3 is 14.6 Å². The number of ether oxygens (including phenoxy) is 2. The lowest BCUT2D eigenvalue weighted by Crippen LogP contribution is -2.27. The Labute approximate surface area is 326 Å². The standard InChI is InChI=1S/C49H76O4/c1-3-5-7-9-11-13-15-17-19-21-22-23-24-25-26-27-29-31-33-35-37-39-41-43-45-52-47-48(46-50)53-49(51)44-42-40-38-36-34-32-30-28-20-18-16-14-12-10-8-6-4-2/h5-8,11-14,17-20,22-23,25-26,29-32,35,37,48,50H,3-4,9-10,15-16,21,24,27-28,33-34,36,38-47H2,1-2H3/b7-5-,8-6-,13-11-,14-12-,19-17-,20-18-,23-22-,26-25-,31-29-,32-30-,37-35-. The molecule has 0 aliphatic carbocycles. The lowest BCUT2D eigenvalue weighted by molar-refractivity contribution is -0.154. The van der Waals surface area contributed by atoms with E-state index in [1.165, 1.54) is 0 Å². The SMILES string of the molecule is CC/C=C\C/C=C\C/C=C\C/C=C\C/C=C\C/C=C\C/C=C\CCCCOCC(CO)OC(=O)CCCCCC/C=C\C/C=C\C/C=C\C/C=C\CC. The van der Waals surface area contributed by atoms with E-state index >= 15 is 0 Å². The molecule has 1 N–H and O–H groups in total. The molecule has 296 valence electrons. The van der Waals surface area contributed by atoms with E-state index in [2.05, 4.69) is 148 Å². The van der Waals surface area contributed by atoms with E-state index in [4.69, 9.17) is 9.47 Å². The number of hydrogen-bond donors (Lipinski definition) is 1. The number of unbranched alkanes of at least 4 members (excludes halogenated alkanes) is 6. The molecule has 0 fully saturated rings. The average molecular weight is 729 g/mol. The highest BCUT2D eigenvalue weighted by molar-refractivity contribution is 5.69. The molecule has 0 spiro atoms. The Hall–Kier alpha value is -3.47. The van der Waals surface area contributed by atoms with Crippen molar-refractivity contribution in [2.75, 3.05) is 19.8 Å². The summed E-state index contributed by atoms with van der Waals surface area (Å²) in [5, 5.41) is 9.59.